The number of hydrogen-bond acceptors (Lipinski definition) is 8. The summed E-state index contributed by atoms with van der Waals surface area (Å²) in [7, 11) is 0. The zero-order valence-corrected chi connectivity index (χ0v) is 17.6. The minimum atomic E-state index is -1.15. The summed E-state index contributed by atoms with van der Waals surface area (Å²) in [6.07, 6.45) is -2.54. The fourth-order valence-electron chi connectivity index (χ4n) is 3.75. The van der Waals surface area contributed by atoms with Gasteiger partial charge in [-0.05, 0) is 31.2 Å². The lowest BCUT2D eigenvalue weighted by Crippen LogP contribution is -2.68. The summed E-state index contributed by atoms with van der Waals surface area (Å²) in [5.74, 6) is -0.527. The van der Waals surface area contributed by atoms with E-state index in [1.165, 1.54) is 13.2 Å². The van der Waals surface area contributed by atoms with Gasteiger partial charge in [0.2, 0.25) is 18.5 Å². The summed E-state index contributed by atoms with van der Waals surface area (Å²) in [5.41, 5.74) is 1.06. The largest absolute Gasteiger partial charge is 0.480 e. The number of carboxylic acids is 1. The van der Waals surface area contributed by atoms with Gasteiger partial charge in [-0.3, -0.25) is 4.79 Å². The van der Waals surface area contributed by atoms with Crippen LogP contribution in [0.2, 0.25) is 0 Å². The monoisotopic (exact) mass is 447 g/mol. The van der Waals surface area contributed by atoms with Crippen molar-refractivity contribution in [2.45, 2.75) is 50.8 Å². The summed E-state index contributed by atoms with van der Waals surface area (Å²) < 4.78 is 35.0. The Morgan fingerprint density at radius 1 is 1.19 bits per heavy atom. The minimum absolute atomic E-state index is 0.128. The number of carbonyl (C=O) groups excluding carboxylic acids is 1. The Bertz CT molecular complexity index is 914. The van der Waals surface area contributed by atoms with Crippen LogP contribution in [0.15, 0.2) is 47.1 Å². The highest BCUT2D eigenvalue weighted by atomic mass is 16.8. The Morgan fingerprint density at radius 3 is 2.62 bits per heavy atom. The number of aryl methyl sites for hydroxylation is 1. The molecule has 32 heavy (non-hydrogen) atoms. The summed E-state index contributed by atoms with van der Waals surface area (Å²) >= 11 is 0. The van der Waals surface area contributed by atoms with Crippen LogP contribution < -0.4 is 10.1 Å². The third-order valence-corrected chi connectivity index (χ3v) is 5.16. The number of ether oxygens (including phenoxy) is 5. The van der Waals surface area contributed by atoms with Gasteiger partial charge in [0.15, 0.2) is 5.76 Å². The van der Waals surface area contributed by atoms with Crippen molar-refractivity contribution in [3.63, 3.8) is 0 Å². The van der Waals surface area contributed by atoms with Crippen LogP contribution in [0.4, 0.5) is 0 Å². The van der Waals surface area contributed by atoms with E-state index in [1.807, 2.05) is 19.1 Å². The molecule has 2 aliphatic heterocycles. The maximum absolute atomic E-state index is 12.0. The predicted octanol–water partition coefficient (Wildman–Crippen LogP) is 1.78. The molecule has 2 N–H and O–H groups in total. The van der Waals surface area contributed by atoms with Crippen LogP contribution >= 0.6 is 0 Å². The van der Waals surface area contributed by atoms with E-state index < -0.39 is 49.5 Å². The molecule has 3 heterocycles. The first kappa shape index (κ1) is 22.3. The number of amides is 1. The molecule has 10 nitrogen and oxygen atoms in total. The molecule has 10 heteroatoms. The molecular weight excluding hydrogens is 422 g/mol. The zero-order valence-electron chi connectivity index (χ0n) is 17.6. The van der Waals surface area contributed by atoms with E-state index in [4.69, 9.17) is 28.1 Å². The highest BCUT2D eigenvalue weighted by Gasteiger charge is 2.52. The van der Waals surface area contributed by atoms with Gasteiger partial charge >= 0.3 is 5.97 Å². The van der Waals surface area contributed by atoms with Crippen LogP contribution in [0.1, 0.15) is 24.5 Å². The summed E-state index contributed by atoms with van der Waals surface area (Å²) in [6.45, 7) is 2.84. The van der Waals surface area contributed by atoms with Gasteiger partial charge in [-0.2, -0.15) is 0 Å². The second-order valence-electron chi connectivity index (χ2n) is 7.65. The van der Waals surface area contributed by atoms with Crippen LogP contribution in [0.5, 0.6) is 5.75 Å². The molecule has 2 aliphatic rings. The van der Waals surface area contributed by atoms with Crippen LogP contribution in [-0.2, 0) is 28.5 Å². The Labute approximate surface area is 184 Å². The molecule has 6 unspecified atom stereocenters. The number of furan rings is 1. The number of rotatable bonds is 7. The number of carboxylic acid groups (broad SMARTS) is 1. The van der Waals surface area contributed by atoms with Crippen molar-refractivity contribution in [2.24, 2.45) is 0 Å². The molecule has 1 aromatic heterocycles. The lowest BCUT2D eigenvalue weighted by Gasteiger charge is -2.48. The molecule has 0 radical (unpaired) electrons. The quantitative estimate of drug-likeness (QED) is 0.653. The lowest BCUT2D eigenvalue weighted by molar-refractivity contribution is -0.340. The van der Waals surface area contributed by atoms with Crippen molar-refractivity contribution in [2.75, 3.05) is 13.2 Å². The standard InChI is InChI=1S/C22H25NO9/c1-12-5-7-14(8-6-12)30-22-18(23-13(2)24)20(28-11-17(25)26)19-16(31-22)10-29-21(32-19)15-4-3-9-27-15/h3-9,16,18-22H,10-11H2,1-2H3,(H,23,24)(H,25,26). The highest BCUT2D eigenvalue weighted by Crippen LogP contribution is 2.36. The Hall–Kier alpha value is -2.92. The Balaban J connectivity index is 1.61. The summed E-state index contributed by atoms with van der Waals surface area (Å²) in [4.78, 5) is 23.2. The normalized spacial score (nSPS) is 29.7. The van der Waals surface area contributed by atoms with Gasteiger partial charge < -0.3 is 38.5 Å². The Morgan fingerprint density at radius 2 is 1.97 bits per heavy atom. The van der Waals surface area contributed by atoms with Crippen LogP contribution in [0.25, 0.3) is 0 Å². The highest BCUT2D eigenvalue weighted by molar-refractivity contribution is 5.73. The van der Waals surface area contributed by atoms with Gasteiger partial charge in [0.25, 0.3) is 0 Å². The molecule has 4 rings (SSSR count). The van der Waals surface area contributed by atoms with E-state index in [1.54, 1.807) is 24.3 Å². The number of aliphatic carboxylic acids is 1. The maximum atomic E-state index is 12.0. The zero-order chi connectivity index (χ0) is 22.7. The predicted molar refractivity (Wildman–Crippen MR) is 108 cm³/mol. The average Bonchev–Trinajstić information content (AvgIpc) is 3.29. The molecule has 0 bridgehead atoms. The SMILES string of the molecule is CC(=O)NC1C(Oc2ccc(C)cc2)OC2COC(c3ccco3)OC2C1OCC(=O)O. The van der Waals surface area contributed by atoms with Crippen molar-refractivity contribution < 1.29 is 42.8 Å². The van der Waals surface area contributed by atoms with Crippen LogP contribution in [0, 0.1) is 6.92 Å². The molecule has 1 aromatic carbocycles. The van der Waals surface area contributed by atoms with Crippen molar-refractivity contribution in [3.8, 4) is 5.75 Å². The van der Waals surface area contributed by atoms with Gasteiger partial charge in [0, 0.05) is 6.92 Å². The van der Waals surface area contributed by atoms with Crippen LogP contribution in [0.3, 0.4) is 0 Å². The molecule has 0 spiro atoms. The van der Waals surface area contributed by atoms with E-state index in [0.29, 0.717) is 11.5 Å². The fraction of sp³-hybridized carbons (Fsp3) is 0.455. The first-order valence-corrected chi connectivity index (χ1v) is 10.2. The molecular formula is C22H25NO9. The first-order valence-electron chi connectivity index (χ1n) is 10.2. The molecule has 2 saturated heterocycles. The molecule has 0 aliphatic carbocycles. The van der Waals surface area contributed by atoms with Crippen molar-refractivity contribution in [1.29, 1.82) is 0 Å². The smallest absolute Gasteiger partial charge is 0.329 e. The first-order chi connectivity index (χ1) is 15.4. The minimum Gasteiger partial charge on any atom is -0.480 e. The van der Waals surface area contributed by atoms with Gasteiger partial charge in [-0.1, -0.05) is 17.7 Å². The number of hydrogen-bond donors (Lipinski definition) is 2. The second kappa shape index (κ2) is 9.70. The molecule has 6 atom stereocenters. The number of benzene rings is 1. The Kier molecular flexibility index (Phi) is 6.75. The van der Waals surface area contributed by atoms with Gasteiger partial charge in [0.05, 0.1) is 12.9 Å². The summed E-state index contributed by atoms with van der Waals surface area (Å²) in [6, 6.07) is 9.89. The topological polar surface area (TPSA) is 126 Å². The van der Waals surface area contributed by atoms with Crippen LogP contribution in [-0.4, -0.2) is 60.8 Å². The third-order valence-electron chi connectivity index (χ3n) is 5.16. The van der Waals surface area contributed by atoms with Crippen molar-refractivity contribution in [1.82, 2.24) is 5.32 Å². The number of fused-ring (bicyclic) bond motifs is 1. The van der Waals surface area contributed by atoms with Gasteiger partial charge in [-0.25, -0.2) is 4.79 Å². The molecule has 1 amide bonds. The molecule has 0 saturated carbocycles. The van der Waals surface area contributed by atoms with Crippen molar-refractivity contribution in [3.05, 3.63) is 54.0 Å². The molecule has 2 aromatic rings. The van der Waals surface area contributed by atoms with Crippen molar-refractivity contribution >= 4 is 11.9 Å². The van der Waals surface area contributed by atoms with E-state index in [9.17, 15) is 14.7 Å². The van der Waals surface area contributed by atoms with E-state index >= 15 is 0 Å². The van der Waals surface area contributed by atoms with E-state index in [0.717, 1.165) is 5.56 Å². The van der Waals surface area contributed by atoms with E-state index in [2.05, 4.69) is 5.32 Å². The average molecular weight is 447 g/mol. The van der Waals surface area contributed by atoms with E-state index in [-0.39, 0.29) is 12.5 Å². The third kappa shape index (κ3) is 5.10. The molecule has 172 valence electrons. The van der Waals surface area contributed by atoms with Gasteiger partial charge in [0.1, 0.15) is 36.7 Å². The number of carbonyl (C=O) groups is 2. The molecule has 2 fully saturated rings. The fourth-order valence-corrected chi connectivity index (χ4v) is 3.75. The maximum Gasteiger partial charge on any atom is 0.329 e. The number of nitrogens with one attached hydrogen (secondary N) is 1. The second-order valence-corrected chi connectivity index (χ2v) is 7.65. The lowest BCUT2D eigenvalue weighted by atomic mass is 9.95. The summed E-state index contributed by atoms with van der Waals surface area (Å²) in [5, 5.41) is 12.0. The van der Waals surface area contributed by atoms with Gasteiger partial charge in [-0.15, -0.1) is 0 Å².